The Hall–Kier alpha value is -1.85. The molecule has 0 amide bonds. The predicted molar refractivity (Wildman–Crippen MR) is 183 cm³/mol. The van der Waals surface area contributed by atoms with Crippen molar-refractivity contribution < 1.29 is 19.0 Å². The molecule has 4 nitrogen and oxygen atoms in total. The van der Waals surface area contributed by atoms with E-state index in [0.717, 1.165) is 38.5 Å². The van der Waals surface area contributed by atoms with Crippen molar-refractivity contribution in [3.05, 3.63) is 91.0 Å². The number of benzene rings is 3. The van der Waals surface area contributed by atoms with E-state index in [1.807, 2.05) is 7.11 Å². The van der Waals surface area contributed by atoms with E-state index >= 15 is 0 Å². The molecule has 6 atom stereocenters. The minimum atomic E-state index is -2.34. The van der Waals surface area contributed by atoms with Crippen molar-refractivity contribution in [2.24, 2.45) is 11.8 Å². The van der Waals surface area contributed by atoms with Gasteiger partial charge < -0.3 is 0 Å². The van der Waals surface area contributed by atoms with Crippen LogP contribution in [-0.2, 0) is 14.2 Å². The van der Waals surface area contributed by atoms with Gasteiger partial charge in [0.25, 0.3) is 0 Å². The van der Waals surface area contributed by atoms with Crippen molar-refractivity contribution in [1.82, 2.24) is 0 Å². The third-order valence-corrected chi connectivity index (χ3v) is 20.2. The molecule has 2 heterocycles. The van der Waals surface area contributed by atoms with Crippen molar-refractivity contribution in [3.8, 4) is 0 Å². The van der Waals surface area contributed by atoms with Crippen LogP contribution in [0.5, 0.6) is 0 Å². The second-order valence-electron chi connectivity index (χ2n) is 14.8. The molecule has 3 aliphatic rings. The molecule has 3 fully saturated rings. The van der Waals surface area contributed by atoms with E-state index in [-0.39, 0.29) is 34.4 Å². The average Bonchev–Trinajstić information content (AvgIpc) is 3.92. The van der Waals surface area contributed by atoms with Gasteiger partial charge in [-0.2, -0.15) is 0 Å². The van der Waals surface area contributed by atoms with Crippen molar-refractivity contribution in [3.63, 3.8) is 0 Å². The van der Waals surface area contributed by atoms with E-state index in [1.165, 1.54) is 15.9 Å². The summed E-state index contributed by atoms with van der Waals surface area (Å²) in [6.07, 6.45) is 5.39. The van der Waals surface area contributed by atoms with E-state index < -0.39 is 15.6 Å². The molecule has 0 radical (unpaired) electrons. The Bertz CT molecular complexity index is 1280. The normalized spacial score (nSPS) is 31.1. The first-order valence-electron chi connectivity index (χ1n) is 16.2. The zero-order valence-electron chi connectivity index (χ0n) is 26.9. The molecule has 43 heavy (non-hydrogen) atoms. The van der Waals surface area contributed by atoms with Crippen molar-refractivity contribution >= 4 is 31.5 Å². The summed E-state index contributed by atoms with van der Waals surface area (Å²) in [5.41, 5.74) is -0.417. The zero-order valence-corrected chi connectivity index (χ0v) is 28.9. The molecule has 3 aromatic rings. The second kappa shape index (κ2) is 11.5. The molecule has 1 N–H and O–H groups in total. The van der Waals surface area contributed by atoms with Crippen LogP contribution in [0.3, 0.4) is 0 Å². The average molecular weight is 619 g/mol. The summed E-state index contributed by atoms with van der Waals surface area (Å²) >= 11 is 0. The van der Waals surface area contributed by atoms with Crippen LogP contribution in [0.4, 0.5) is 0 Å². The zero-order chi connectivity index (χ0) is 30.5. The maximum atomic E-state index is 11.1. The Labute approximate surface area is 260 Å². The van der Waals surface area contributed by atoms with Gasteiger partial charge in [-0.05, 0) is 0 Å². The number of rotatable bonds is 11. The van der Waals surface area contributed by atoms with Gasteiger partial charge in [-0.3, -0.25) is 0 Å². The fourth-order valence-electron chi connectivity index (χ4n) is 8.38. The van der Waals surface area contributed by atoms with Gasteiger partial charge in [0.1, 0.15) is 0 Å². The minimum absolute atomic E-state index is 0.0567. The molecule has 6 rings (SSSR count). The first-order chi connectivity index (χ1) is 20.5. The molecule has 1 spiro atoms. The van der Waals surface area contributed by atoms with E-state index in [0.29, 0.717) is 5.92 Å². The first kappa shape index (κ1) is 31.1. The summed E-state index contributed by atoms with van der Waals surface area (Å²) in [5.74, 6) is 0.570. The number of epoxide rings is 2. The van der Waals surface area contributed by atoms with Crippen LogP contribution in [0.15, 0.2) is 91.0 Å². The van der Waals surface area contributed by atoms with Crippen LogP contribution in [-0.4, -0.2) is 56.4 Å². The molecule has 232 valence electrons. The molecule has 1 saturated carbocycles. The van der Waals surface area contributed by atoms with E-state index in [2.05, 4.69) is 125 Å². The van der Waals surface area contributed by atoms with Crippen LogP contribution < -0.4 is 15.9 Å². The maximum absolute atomic E-state index is 11.1. The summed E-state index contributed by atoms with van der Waals surface area (Å²) in [7, 11) is -2.80. The quantitative estimate of drug-likeness (QED) is 0.153. The number of hydrogen-bond acceptors (Lipinski definition) is 4. The van der Waals surface area contributed by atoms with Gasteiger partial charge in [0.15, 0.2) is 0 Å². The molecular formula is C37H51O4PSi. The van der Waals surface area contributed by atoms with E-state index in [9.17, 15) is 4.80 Å². The van der Waals surface area contributed by atoms with Crippen LogP contribution in [0, 0.1) is 11.8 Å². The molecule has 1 unspecified atom stereocenters. The van der Waals surface area contributed by atoms with Crippen LogP contribution in [0.2, 0.25) is 18.1 Å². The summed E-state index contributed by atoms with van der Waals surface area (Å²) in [6, 6.07) is 33.6. The van der Waals surface area contributed by atoms with Crippen LogP contribution >= 0.6 is 7.26 Å². The van der Waals surface area contributed by atoms with Gasteiger partial charge in [0, 0.05) is 0 Å². The number of hydrogen-bond donors (Lipinski definition) is 1. The first-order valence-corrected chi connectivity index (χ1v) is 21.4. The standard InChI is InChI=1S/C37H51O4PSi/c1-35(2,43(5,6)38)26-28-22-24-37(27-40-37)34(33(28)39-4)36(3)32(41-36)23-25-42(29-16-10-7-11-17-29,30-18-12-8-13-19-30)31-20-14-9-15-21-31/h7-21,28,32-34,38,42H,22-27H2,1-6H3/t28-,32+,33+,34+,36?,37-/m0/s1. The SMILES string of the molecule is CO[C@@H]1[C@H](CC(C)(C)[Si](C)(C)O)CC[C@]2(CO2)[C@H]1C1(C)O[C@@H]1CC[PH](c1ccccc1)(c1ccccc1)c1ccccc1. The Kier molecular flexibility index (Phi) is 8.33. The molecular weight excluding hydrogens is 567 g/mol. The van der Waals surface area contributed by atoms with Gasteiger partial charge >= 0.3 is 261 Å². The Morgan fingerprint density at radius 2 is 1.40 bits per heavy atom. The van der Waals surface area contributed by atoms with Gasteiger partial charge in [0.2, 0.25) is 0 Å². The summed E-state index contributed by atoms with van der Waals surface area (Å²) in [5, 5.41) is 4.25. The monoisotopic (exact) mass is 618 g/mol. The topological polar surface area (TPSA) is 54.5 Å². The molecule has 1 aliphatic carbocycles. The van der Waals surface area contributed by atoms with Gasteiger partial charge in [-0.1, -0.05) is 0 Å². The fraction of sp³-hybridized carbons (Fsp3) is 0.514. The third-order valence-electron chi connectivity index (χ3n) is 11.7. The number of ether oxygens (including phenoxy) is 3. The van der Waals surface area contributed by atoms with Crippen molar-refractivity contribution in [2.45, 2.75) is 88.0 Å². The van der Waals surface area contributed by atoms with E-state index in [1.54, 1.807) is 0 Å². The Balaban J connectivity index is 1.31. The summed E-state index contributed by atoms with van der Waals surface area (Å²) < 4.78 is 19.5. The van der Waals surface area contributed by atoms with Crippen LogP contribution in [0.1, 0.15) is 46.5 Å². The molecule has 0 bridgehead atoms. The van der Waals surface area contributed by atoms with Crippen molar-refractivity contribution in [2.75, 3.05) is 19.9 Å². The van der Waals surface area contributed by atoms with Gasteiger partial charge in [-0.25, -0.2) is 0 Å². The third kappa shape index (κ3) is 5.60. The summed E-state index contributed by atoms with van der Waals surface area (Å²) in [6.45, 7) is 11.8. The predicted octanol–water partition coefficient (Wildman–Crippen LogP) is 6.44. The number of methoxy groups -OCH3 is 1. The Morgan fingerprint density at radius 1 is 0.907 bits per heavy atom. The fourth-order valence-corrected chi connectivity index (χ4v) is 14.0. The molecule has 3 aromatic carbocycles. The Morgan fingerprint density at radius 3 is 1.81 bits per heavy atom. The van der Waals surface area contributed by atoms with Gasteiger partial charge in [0.05, 0.1) is 0 Å². The van der Waals surface area contributed by atoms with Gasteiger partial charge in [-0.15, -0.1) is 0 Å². The van der Waals surface area contributed by atoms with E-state index in [4.69, 9.17) is 14.2 Å². The van der Waals surface area contributed by atoms with Crippen molar-refractivity contribution in [1.29, 1.82) is 0 Å². The summed E-state index contributed by atoms with van der Waals surface area (Å²) in [4.78, 5) is 11.1. The van der Waals surface area contributed by atoms with Crippen LogP contribution in [0.25, 0.3) is 0 Å². The molecule has 2 aliphatic heterocycles. The second-order valence-corrected chi connectivity index (χ2v) is 23.3. The molecule has 6 heteroatoms. The molecule has 0 aromatic heterocycles. The molecule has 2 saturated heterocycles.